The van der Waals surface area contributed by atoms with Crippen LogP contribution in [0.3, 0.4) is 0 Å². The standard InChI is InChI=1S/C19H21Cl2F2N3O3Si/c1-19(22,23)16-17(21)25-13(9-24-16)11-5-6-12(20)14-15(11)29-18(27)26(14)10-28-7-8-30(2,3)4/h5-6,9H,7-8,10H2,1-4H3. The van der Waals surface area contributed by atoms with E-state index in [1.165, 1.54) is 4.57 Å². The monoisotopic (exact) mass is 475 g/mol. The summed E-state index contributed by atoms with van der Waals surface area (Å²) in [6.07, 6.45) is 1.16. The van der Waals surface area contributed by atoms with Gasteiger partial charge in [0.1, 0.15) is 17.9 Å². The molecule has 0 bridgehead atoms. The highest BCUT2D eigenvalue weighted by Crippen LogP contribution is 2.35. The van der Waals surface area contributed by atoms with Crippen molar-refractivity contribution in [3.05, 3.63) is 44.7 Å². The molecule has 0 radical (unpaired) electrons. The number of fused-ring (bicyclic) bond motifs is 1. The van der Waals surface area contributed by atoms with E-state index in [1.54, 1.807) is 12.1 Å². The molecule has 0 saturated heterocycles. The van der Waals surface area contributed by atoms with Gasteiger partial charge < -0.3 is 9.15 Å². The lowest BCUT2D eigenvalue weighted by molar-refractivity contribution is 0.0125. The Morgan fingerprint density at radius 3 is 2.57 bits per heavy atom. The Balaban J connectivity index is 2.00. The van der Waals surface area contributed by atoms with Crippen molar-refractivity contribution in [1.29, 1.82) is 0 Å². The SMILES string of the molecule is CC(F)(F)c1ncc(-c2ccc(Cl)c3c2oc(=O)n3COCC[Si](C)(C)C)nc1Cl. The lowest BCUT2D eigenvalue weighted by atomic mass is 10.1. The lowest BCUT2D eigenvalue weighted by Gasteiger charge is -2.15. The molecule has 0 atom stereocenters. The van der Waals surface area contributed by atoms with E-state index < -0.39 is 30.6 Å². The quantitative estimate of drug-likeness (QED) is 0.319. The van der Waals surface area contributed by atoms with E-state index in [-0.39, 0.29) is 23.0 Å². The molecule has 0 unspecified atom stereocenters. The number of halogens is 4. The minimum absolute atomic E-state index is 0.0209. The third-order valence-corrected chi connectivity index (χ3v) is 6.67. The fraction of sp³-hybridized carbons (Fsp3) is 0.421. The molecule has 2 aromatic heterocycles. The van der Waals surface area contributed by atoms with E-state index in [0.29, 0.717) is 24.6 Å². The zero-order chi connectivity index (χ0) is 22.3. The van der Waals surface area contributed by atoms with Crippen LogP contribution in [0.25, 0.3) is 22.4 Å². The van der Waals surface area contributed by atoms with E-state index in [0.717, 1.165) is 12.2 Å². The number of hydrogen-bond donors (Lipinski definition) is 0. The summed E-state index contributed by atoms with van der Waals surface area (Å²) in [5, 5.41) is -0.149. The van der Waals surface area contributed by atoms with Crippen LogP contribution in [-0.2, 0) is 17.4 Å². The van der Waals surface area contributed by atoms with Crippen LogP contribution >= 0.6 is 23.2 Å². The maximum absolute atomic E-state index is 13.6. The molecule has 2 heterocycles. The van der Waals surface area contributed by atoms with Crippen molar-refractivity contribution in [2.24, 2.45) is 0 Å². The molecular weight excluding hydrogens is 455 g/mol. The Kier molecular flexibility index (Phi) is 6.38. The van der Waals surface area contributed by atoms with Crippen LogP contribution in [0.4, 0.5) is 8.78 Å². The average Bonchev–Trinajstić information content (AvgIpc) is 2.94. The summed E-state index contributed by atoms with van der Waals surface area (Å²) in [6.45, 7) is 7.86. The predicted octanol–water partition coefficient (Wildman–Crippen LogP) is 5.78. The molecule has 0 aliphatic heterocycles. The van der Waals surface area contributed by atoms with Gasteiger partial charge in [-0.3, -0.25) is 0 Å². The van der Waals surface area contributed by atoms with E-state index in [9.17, 15) is 13.6 Å². The van der Waals surface area contributed by atoms with Gasteiger partial charge in [-0.15, -0.1) is 0 Å². The maximum atomic E-state index is 13.6. The highest BCUT2D eigenvalue weighted by atomic mass is 35.5. The number of oxazole rings is 1. The van der Waals surface area contributed by atoms with Crippen LogP contribution in [0.5, 0.6) is 0 Å². The van der Waals surface area contributed by atoms with Crippen LogP contribution in [-0.4, -0.2) is 29.2 Å². The number of aromatic nitrogens is 3. The first-order valence-electron chi connectivity index (χ1n) is 9.19. The molecule has 30 heavy (non-hydrogen) atoms. The Morgan fingerprint density at radius 2 is 1.97 bits per heavy atom. The van der Waals surface area contributed by atoms with Gasteiger partial charge in [0.2, 0.25) is 0 Å². The second-order valence-corrected chi connectivity index (χ2v) is 14.6. The Labute approximate surface area is 182 Å². The smallest absolute Gasteiger partial charge is 0.407 e. The molecule has 3 aromatic rings. The maximum Gasteiger partial charge on any atom is 0.421 e. The van der Waals surface area contributed by atoms with Gasteiger partial charge in [0, 0.05) is 27.2 Å². The molecule has 0 amide bonds. The summed E-state index contributed by atoms with van der Waals surface area (Å²) in [6, 6.07) is 4.07. The molecule has 162 valence electrons. The molecule has 0 aliphatic rings. The van der Waals surface area contributed by atoms with Crippen LogP contribution in [0.2, 0.25) is 35.9 Å². The molecule has 0 aliphatic carbocycles. The fourth-order valence-corrected chi connectivity index (χ4v) is 4.09. The number of hydrogen-bond acceptors (Lipinski definition) is 5. The first-order chi connectivity index (χ1) is 13.9. The minimum Gasteiger partial charge on any atom is -0.407 e. The molecule has 0 N–H and O–H groups in total. The van der Waals surface area contributed by atoms with Gasteiger partial charge >= 0.3 is 5.76 Å². The topological polar surface area (TPSA) is 70.2 Å². The second kappa shape index (κ2) is 8.37. The van der Waals surface area contributed by atoms with Crippen molar-refractivity contribution in [1.82, 2.24) is 14.5 Å². The van der Waals surface area contributed by atoms with E-state index in [1.807, 2.05) is 0 Å². The van der Waals surface area contributed by atoms with Crippen molar-refractivity contribution in [2.45, 2.75) is 45.3 Å². The van der Waals surface area contributed by atoms with E-state index in [4.69, 9.17) is 32.4 Å². The predicted molar refractivity (Wildman–Crippen MR) is 115 cm³/mol. The highest BCUT2D eigenvalue weighted by Gasteiger charge is 2.30. The van der Waals surface area contributed by atoms with Gasteiger partial charge in [-0.1, -0.05) is 42.8 Å². The molecule has 6 nitrogen and oxygen atoms in total. The zero-order valence-corrected chi connectivity index (χ0v) is 19.4. The summed E-state index contributed by atoms with van der Waals surface area (Å²) in [5.41, 5.74) is 0.383. The van der Waals surface area contributed by atoms with Crippen molar-refractivity contribution in [3.63, 3.8) is 0 Å². The zero-order valence-electron chi connectivity index (χ0n) is 16.9. The molecule has 1 aromatic carbocycles. The van der Waals surface area contributed by atoms with Crippen LogP contribution < -0.4 is 5.76 Å². The number of benzene rings is 1. The fourth-order valence-electron chi connectivity index (χ4n) is 2.78. The van der Waals surface area contributed by atoms with Crippen molar-refractivity contribution in [3.8, 4) is 11.3 Å². The number of alkyl halides is 2. The summed E-state index contributed by atoms with van der Waals surface area (Å²) >= 11 is 12.2. The van der Waals surface area contributed by atoms with Gasteiger partial charge in [-0.25, -0.2) is 19.3 Å². The van der Waals surface area contributed by atoms with Crippen molar-refractivity contribution >= 4 is 42.4 Å². The summed E-state index contributed by atoms with van der Waals surface area (Å²) < 4.78 is 39.5. The third kappa shape index (κ3) is 4.91. The van der Waals surface area contributed by atoms with Crippen LogP contribution in [0.1, 0.15) is 12.6 Å². The van der Waals surface area contributed by atoms with Crippen LogP contribution in [0.15, 0.2) is 27.5 Å². The lowest BCUT2D eigenvalue weighted by Crippen LogP contribution is -2.23. The number of rotatable bonds is 7. The largest absolute Gasteiger partial charge is 0.421 e. The first kappa shape index (κ1) is 22.9. The molecule has 0 saturated carbocycles. The molecular formula is C19H21Cl2F2N3O3Si. The minimum atomic E-state index is -3.24. The summed E-state index contributed by atoms with van der Waals surface area (Å²) in [5.74, 6) is -3.88. The molecule has 0 fully saturated rings. The molecule has 0 spiro atoms. The summed E-state index contributed by atoms with van der Waals surface area (Å²) in [4.78, 5) is 20.2. The van der Waals surface area contributed by atoms with Gasteiger partial charge in [0.25, 0.3) is 5.92 Å². The second-order valence-electron chi connectivity index (χ2n) is 8.20. The van der Waals surface area contributed by atoms with Gasteiger partial charge in [0.05, 0.1) is 16.9 Å². The van der Waals surface area contributed by atoms with E-state index in [2.05, 4.69) is 29.6 Å². The Hall–Kier alpha value is -1.81. The third-order valence-electron chi connectivity index (χ3n) is 4.40. The Morgan fingerprint density at radius 1 is 1.27 bits per heavy atom. The van der Waals surface area contributed by atoms with Gasteiger partial charge in [-0.2, -0.15) is 8.78 Å². The van der Waals surface area contributed by atoms with Crippen molar-refractivity contribution in [2.75, 3.05) is 6.61 Å². The van der Waals surface area contributed by atoms with Gasteiger partial charge in [0.15, 0.2) is 10.7 Å². The normalized spacial score (nSPS) is 12.7. The number of nitrogens with zero attached hydrogens (tertiary/aromatic N) is 3. The average molecular weight is 476 g/mol. The van der Waals surface area contributed by atoms with Crippen molar-refractivity contribution < 1.29 is 17.9 Å². The number of ether oxygens (including phenoxy) is 1. The van der Waals surface area contributed by atoms with Crippen LogP contribution in [0, 0.1) is 0 Å². The molecule has 11 heteroatoms. The summed E-state index contributed by atoms with van der Waals surface area (Å²) in [7, 11) is -1.28. The van der Waals surface area contributed by atoms with Gasteiger partial charge in [-0.05, 0) is 18.2 Å². The Bertz CT molecular complexity index is 1140. The first-order valence-corrected chi connectivity index (χ1v) is 13.7. The van der Waals surface area contributed by atoms with E-state index >= 15 is 0 Å². The molecule has 3 rings (SSSR count). The highest BCUT2D eigenvalue weighted by molar-refractivity contribution is 6.76.